The first kappa shape index (κ1) is 14.9. The van der Waals surface area contributed by atoms with Crippen LogP contribution in [0, 0.1) is 0 Å². The zero-order valence-electron chi connectivity index (χ0n) is 11.9. The van der Waals surface area contributed by atoms with E-state index in [4.69, 9.17) is 16.3 Å². The van der Waals surface area contributed by atoms with Crippen LogP contribution in [0.15, 0.2) is 24.3 Å². The van der Waals surface area contributed by atoms with E-state index in [-0.39, 0.29) is 0 Å². The molecule has 0 bridgehead atoms. The average molecular weight is 295 g/mol. The van der Waals surface area contributed by atoms with E-state index >= 15 is 0 Å². The van der Waals surface area contributed by atoms with E-state index in [0.29, 0.717) is 17.2 Å². The summed E-state index contributed by atoms with van der Waals surface area (Å²) in [5.41, 5.74) is 2.80. The van der Waals surface area contributed by atoms with Crippen LogP contribution < -0.4 is 4.74 Å². The molecule has 1 N–H and O–H groups in total. The Morgan fingerprint density at radius 3 is 2.70 bits per heavy atom. The van der Waals surface area contributed by atoms with E-state index in [0.717, 1.165) is 23.4 Å². The number of rotatable bonds is 5. The fraction of sp³-hybridized carbons (Fsp3) is 0.400. The van der Waals surface area contributed by atoms with Gasteiger partial charge in [-0.1, -0.05) is 24.6 Å². The summed E-state index contributed by atoms with van der Waals surface area (Å²) < 4.78 is 6.92. The molecule has 1 aromatic heterocycles. The normalized spacial score (nSPS) is 12.4. The Morgan fingerprint density at radius 2 is 2.15 bits per heavy atom. The number of halogens is 1. The van der Waals surface area contributed by atoms with E-state index in [9.17, 15) is 5.11 Å². The predicted octanol–water partition coefficient (Wildman–Crippen LogP) is 2.92. The fourth-order valence-electron chi connectivity index (χ4n) is 2.14. The molecule has 0 aliphatic rings. The topological polar surface area (TPSA) is 47.3 Å². The van der Waals surface area contributed by atoms with Gasteiger partial charge in [-0.3, -0.25) is 4.68 Å². The summed E-state index contributed by atoms with van der Waals surface area (Å²) in [6.45, 7) is 2.06. The van der Waals surface area contributed by atoms with Crippen molar-refractivity contribution in [2.75, 3.05) is 7.11 Å². The molecule has 108 valence electrons. The van der Waals surface area contributed by atoms with Gasteiger partial charge in [-0.05, 0) is 30.2 Å². The molecule has 0 saturated heterocycles. The predicted molar refractivity (Wildman–Crippen MR) is 79.3 cm³/mol. The summed E-state index contributed by atoms with van der Waals surface area (Å²) in [4.78, 5) is 0. The van der Waals surface area contributed by atoms with Crippen molar-refractivity contribution >= 4 is 11.6 Å². The van der Waals surface area contributed by atoms with Gasteiger partial charge in [-0.15, -0.1) is 0 Å². The summed E-state index contributed by atoms with van der Waals surface area (Å²) in [7, 11) is 3.46. The monoisotopic (exact) mass is 294 g/mol. The molecule has 1 atom stereocenters. The molecule has 5 heteroatoms. The van der Waals surface area contributed by atoms with Crippen molar-refractivity contribution in [2.45, 2.75) is 25.9 Å². The first-order valence-corrected chi connectivity index (χ1v) is 6.96. The Hall–Kier alpha value is -1.52. The molecular weight excluding hydrogens is 276 g/mol. The number of aliphatic hydroxyl groups is 1. The third-order valence-electron chi connectivity index (χ3n) is 3.35. The highest BCUT2D eigenvalue weighted by atomic mass is 35.5. The molecule has 0 fully saturated rings. The summed E-state index contributed by atoms with van der Waals surface area (Å²) in [6.07, 6.45) is 0.781. The molecule has 1 unspecified atom stereocenters. The number of ether oxygens (including phenoxy) is 1. The van der Waals surface area contributed by atoms with Gasteiger partial charge >= 0.3 is 0 Å². The van der Waals surface area contributed by atoms with Gasteiger partial charge in [-0.2, -0.15) is 5.10 Å². The lowest BCUT2D eigenvalue weighted by molar-refractivity contribution is 0.175. The summed E-state index contributed by atoms with van der Waals surface area (Å²) in [5.74, 6) is 0.608. The molecule has 4 nitrogen and oxygen atoms in total. The third-order valence-corrected chi connectivity index (χ3v) is 3.65. The fourth-order valence-corrected chi connectivity index (χ4v) is 2.41. The Morgan fingerprint density at radius 1 is 1.40 bits per heavy atom. The van der Waals surface area contributed by atoms with Crippen LogP contribution in [0.1, 0.15) is 30.0 Å². The summed E-state index contributed by atoms with van der Waals surface area (Å²) >= 11 is 6.08. The third kappa shape index (κ3) is 3.14. The van der Waals surface area contributed by atoms with Gasteiger partial charge in [0, 0.05) is 19.2 Å². The molecule has 0 radical (unpaired) electrons. The quantitative estimate of drug-likeness (QED) is 0.922. The lowest BCUT2D eigenvalue weighted by Gasteiger charge is -2.12. The van der Waals surface area contributed by atoms with Crippen LogP contribution in [0.4, 0.5) is 0 Å². The molecule has 20 heavy (non-hydrogen) atoms. The largest absolute Gasteiger partial charge is 0.495 e. The highest BCUT2D eigenvalue weighted by molar-refractivity contribution is 6.32. The Balaban J connectivity index is 2.16. The van der Waals surface area contributed by atoms with E-state index in [1.165, 1.54) is 0 Å². The molecule has 0 spiro atoms. The van der Waals surface area contributed by atoms with Crippen LogP contribution in [0.2, 0.25) is 5.02 Å². The zero-order chi connectivity index (χ0) is 14.7. The number of aromatic nitrogens is 2. The number of aryl methyl sites for hydroxylation is 2. The van der Waals surface area contributed by atoms with E-state index in [1.807, 2.05) is 23.9 Å². The lowest BCUT2D eigenvalue weighted by atomic mass is 10.0. The van der Waals surface area contributed by atoms with Crippen molar-refractivity contribution in [3.8, 4) is 5.75 Å². The first-order chi connectivity index (χ1) is 9.55. The van der Waals surface area contributed by atoms with Crippen LogP contribution >= 0.6 is 11.6 Å². The summed E-state index contributed by atoms with van der Waals surface area (Å²) in [6, 6.07) is 7.35. The second-order valence-electron chi connectivity index (χ2n) is 4.72. The van der Waals surface area contributed by atoms with Crippen LogP contribution in [-0.4, -0.2) is 22.0 Å². The van der Waals surface area contributed by atoms with Gasteiger partial charge in [0.05, 0.1) is 23.9 Å². The second kappa shape index (κ2) is 6.29. The molecule has 0 aliphatic carbocycles. The molecule has 2 rings (SSSR count). The molecule has 0 amide bonds. The van der Waals surface area contributed by atoms with Gasteiger partial charge < -0.3 is 9.84 Å². The Bertz CT molecular complexity index is 596. The number of nitrogens with zero attached hydrogens (tertiary/aromatic N) is 2. The highest BCUT2D eigenvalue weighted by Gasteiger charge is 2.14. The molecule has 0 aliphatic heterocycles. The number of hydrogen-bond donors (Lipinski definition) is 1. The minimum Gasteiger partial charge on any atom is -0.495 e. The standard InChI is InChI=1S/C15H19ClN2O2/c1-4-11-8-12(18(2)17-11)9-14(19)10-5-6-15(20-3)13(16)7-10/h5-8,14,19H,4,9H2,1-3H3. The molecular formula is C15H19ClN2O2. The van der Waals surface area contributed by atoms with Gasteiger partial charge in [-0.25, -0.2) is 0 Å². The minimum absolute atomic E-state index is 0.503. The van der Waals surface area contributed by atoms with Gasteiger partial charge in [0.2, 0.25) is 0 Å². The minimum atomic E-state index is -0.612. The number of hydrogen-bond acceptors (Lipinski definition) is 3. The maximum atomic E-state index is 10.3. The first-order valence-electron chi connectivity index (χ1n) is 6.58. The molecule has 1 aromatic carbocycles. The molecule has 2 aromatic rings. The number of methoxy groups -OCH3 is 1. The van der Waals surface area contributed by atoms with Crippen molar-refractivity contribution in [2.24, 2.45) is 7.05 Å². The molecule has 1 heterocycles. The smallest absolute Gasteiger partial charge is 0.137 e. The highest BCUT2D eigenvalue weighted by Crippen LogP contribution is 2.28. The van der Waals surface area contributed by atoms with Crippen LogP contribution in [0.25, 0.3) is 0 Å². The van der Waals surface area contributed by atoms with Gasteiger partial charge in [0.1, 0.15) is 5.75 Å². The zero-order valence-corrected chi connectivity index (χ0v) is 12.7. The van der Waals surface area contributed by atoms with Crippen LogP contribution in [0.5, 0.6) is 5.75 Å². The Labute approximate surface area is 123 Å². The van der Waals surface area contributed by atoms with E-state index < -0.39 is 6.10 Å². The second-order valence-corrected chi connectivity index (χ2v) is 5.13. The molecule has 0 saturated carbocycles. The number of benzene rings is 1. The van der Waals surface area contributed by atoms with Crippen molar-refractivity contribution < 1.29 is 9.84 Å². The van der Waals surface area contributed by atoms with Crippen molar-refractivity contribution in [1.82, 2.24) is 9.78 Å². The maximum Gasteiger partial charge on any atom is 0.137 e. The lowest BCUT2D eigenvalue weighted by Crippen LogP contribution is -2.06. The van der Waals surface area contributed by atoms with Gasteiger partial charge in [0.25, 0.3) is 0 Å². The maximum absolute atomic E-state index is 10.3. The van der Waals surface area contributed by atoms with Crippen molar-refractivity contribution in [1.29, 1.82) is 0 Å². The van der Waals surface area contributed by atoms with Crippen molar-refractivity contribution in [3.05, 3.63) is 46.2 Å². The average Bonchev–Trinajstić information content (AvgIpc) is 2.79. The van der Waals surface area contributed by atoms with E-state index in [2.05, 4.69) is 12.0 Å². The number of aliphatic hydroxyl groups excluding tert-OH is 1. The van der Waals surface area contributed by atoms with Crippen molar-refractivity contribution in [3.63, 3.8) is 0 Å². The van der Waals surface area contributed by atoms with Crippen LogP contribution in [-0.2, 0) is 19.9 Å². The van der Waals surface area contributed by atoms with Gasteiger partial charge in [0.15, 0.2) is 0 Å². The van der Waals surface area contributed by atoms with E-state index in [1.54, 1.807) is 19.2 Å². The SMILES string of the molecule is CCc1cc(CC(O)c2ccc(OC)c(Cl)c2)n(C)n1. The Kier molecular flexibility index (Phi) is 4.68. The summed E-state index contributed by atoms with van der Waals surface area (Å²) in [5, 5.41) is 15.2. The van der Waals surface area contributed by atoms with Crippen LogP contribution in [0.3, 0.4) is 0 Å².